The molecule has 6 nitrogen and oxygen atoms in total. The van der Waals surface area contributed by atoms with E-state index in [0.29, 0.717) is 0 Å². The van der Waals surface area contributed by atoms with Gasteiger partial charge in [-0.3, -0.25) is 24.1 Å². The summed E-state index contributed by atoms with van der Waals surface area (Å²) < 4.78 is 4.94. The summed E-state index contributed by atoms with van der Waals surface area (Å²) in [5.74, 6) is -2.87. The van der Waals surface area contributed by atoms with E-state index in [4.69, 9.17) is 4.74 Å². The minimum Gasteiger partial charge on any atom is -0.465 e. The van der Waals surface area contributed by atoms with E-state index >= 15 is 0 Å². The molecule has 2 aliphatic heterocycles. The smallest absolute Gasteiger partial charge is 0.320 e. The molecule has 2 heterocycles. The van der Waals surface area contributed by atoms with Crippen LogP contribution in [0.25, 0.3) is 0 Å². The minimum atomic E-state index is -1.50. The van der Waals surface area contributed by atoms with E-state index in [1.807, 2.05) is 30.3 Å². The summed E-state index contributed by atoms with van der Waals surface area (Å²) in [5, 5.41) is 0. The van der Waals surface area contributed by atoms with Gasteiger partial charge in [-0.2, -0.15) is 0 Å². The zero-order valence-electron chi connectivity index (χ0n) is 12.8. The number of ketones is 1. The van der Waals surface area contributed by atoms with Crippen LogP contribution < -0.4 is 0 Å². The topological polar surface area (TPSA) is 80.8 Å². The van der Waals surface area contributed by atoms with Gasteiger partial charge in [0.15, 0.2) is 0 Å². The molecule has 2 atom stereocenters. The normalized spacial score (nSPS) is 27.4. The maximum absolute atomic E-state index is 12.7. The number of likely N-dealkylation sites (tertiary alicyclic amines) is 1. The highest BCUT2D eigenvalue weighted by atomic mass is 16.5. The van der Waals surface area contributed by atoms with Gasteiger partial charge in [-0.15, -0.1) is 0 Å². The minimum absolute atomic E-state index is 0.106. The van der Waals surface area contributed by atoms with E-state index in [-0.39, 0.29) is 31.9 Å². The number of imide groups is 1. The van der Waals surface area contributed by atoms with Crippen LogP contribution in [0.2, 0.25) is 0 Å². The molecule has 0 radical (unpaired) electrons. The quantitative estimate of drug-likeness (QED) is 0.472. The van der Waals surface area contributed by atoms with Crippen LogP contribution in [-0.2, 0) is 30.5 Å². The molecule has 0 spiro atoms. The third-order valence-corrected chi connectivity index (χ3v) is 4.74. The number of nitrogens with zero attached hydrogens (tertiary/aromatic N) is 1. The number of hydrogen-bond donors (Lipinski definition) is 0. The van der Waals surface area contributed by atoms with Crippen molar-refractivity contribution in [2.24, 2.45) is 11.3 Å². The third-order valence-electron chi connectivity index (χ3n) is 4.74. The van der Waals surface area contributed by atoms with Crippen LogP contribution in [0.4, 0.5) is 0 Å². The van der Waals surface area contributed by atoms with Gasteiger partial charge in [0.05, 0.1) is 19.1 Å². The summed E-state index contributed by atoms with van der Waals surface area (Å²) in [5.41, 5.74) is -0.682. The molecule has 2 amide bonds. The fourth-order valence-corrected chi connectivity index (χ4v) is 3.42. The van der Waals surface area contributed by atoms with Crippen LogP contribution in [0.5, 0.6) is 0 Å². The van der Waals surface area contributed by atoms with Crippen LogP contribution in [0.1, 0.15) is 25.3 Å². The number of carbonyl (C=O) groups excluding carboxylic acids is 4. The lowest BCUT2D eigenvalue weighted by Crippen LogP contribution is -2.45. The Kier molecular flexibility index (Phi) is 3.75. The molecule has 2 unspecified atom stereocenters. The average molecular weight is 315 g/mol. The van der Waals surface area contributed by atoms with Crippen molar-refractivity contribution in [3.63, 3.8) is 0 Å². The molecule has 6 heteroatoms. The van der Waals surface area contributed by atoms with E-state index in [1.54, 1.807) is 0 Å². The number of Topliss-reactive ketones (excluding diaryl/α,β-unsaturated/α-hetero) is 1. The molecular formula is C17H17NO5. The molecule has 23 heavy (non-hydrogen) atoms. The highest BCUT2D eigenvalue weighted by Gasteiger charge is 2.61. The number of ether oxygens (including phenoxy) is 1. The van der Waals surface area contributed by atoms with Crippen LogP contribution in [0.3, 0.4) is 0 Å². The molecule has 0 aliphatic carbocycles. The first kappa shape index (κ1) is 15.4. The van der Waals surface area contributed by atoms with Gasteiger partial charge in [-0.05, 0) is 12.5 Å². The summed E-state index contributed by atoms with van der Waals surface area (Å²) in [6.07, 6.45) is 0.0321. The van der Waals surface area contributed by atoms with E-state index in [2.05, 4.69) is 0 Å². The van der Waals surface area contributed by atoms with Gasteiger partial charge in [0.1, 0.15) is 11.2 Å². The summed E-state index contributed by atoms with van der Waals surface area (Å²) in [6.45, 7) is 1.54. The Morgan fingerprint density at radius 1 is 1.26 bits per heavy atom. The first-order valence-corrected chi connectivity index (χ1v) is 7.53. The largest absolute Gasteiger partial charge is 0.465 e. The average Bonchev–Trinajstić information content (AvgIpc) is 3.04. The molecule has 2 fully saturated rings. The predicted octanol–water partition coefficient (Wildman–Crippen LogP) is 1.08. The van der Waals surface area contributed by atoms with Crippen molar-refractivity contribution in [3.05, 3.63) is 35.9 Å². The summed E-state index contributed by atoms with van der Waals surface area (Å²) >= 11 is 0. The third kappa shape index (κ3) is 2.34. The van der Waals surface area contributed by atoms with Crippen LogP contribution in [-0.4, -0.2) is 35.1 Å². The highest BCUT2D eigenvalue weighted by Crippen LogP contribution is 2.44. The number of hydrogen-bond acceptors (Lipinski definition) is 5. The molecule has 1 aromatic rings. The Labute approximate surface area is 133 Å². The number of carbonyl (C=O) groups is 4. The van der Waals surface area contributed by atoms with E-state index in [9.17, 15) is 19.2 Å². The molecule has 3 rings (SSSR count). The Balaban J connectivity index is 1.89. The Hall–Kier alpha value is -2.50. The Bertz CT molecular complexity index is 683. The second-order valence-electron chi connectivity index (χ2n) is 5.97. The SMILES string of the molecule is CC(=O)C1(C2CC(=O)N(Cc3ccccc3)C2=O)CCOC1=O. The molecule has 0 saturated carbocycles. The molecule has 0 N–H and O–H groups in total. The number of rotatable bonds is 4. The Morgan fingerprint density at radius 2 is 1.96 bits per heavy atom. The van der Waals surface area contributed by atoms with Crippen molar-refractivity contribution in [2.75, 3.05) is 6.61 Å². The summed E-state index contributed by atoms with van der Waals surface area (Å²) in [4.78, 5) is 50.3. The van der Waals surface area contributed by atoms with Gasteiger partial charge in [0, 0.05) is 12.8 Å². The first-order valence-electron chi connectivity index (χ1n) is 7.53. The van der Waals surface area contributed by atoms with Crippen molar-refractivity contribution < 1.29 is 23.9 Å². The molecule has 0 aromatic heterocycles. The van der Waals surface area contributed by atoms with Crippen molar-refractivity contribution in [1.29, 1.82) is 0 Å². The van der Waals surface area contributed by atoms with Gasteiger partial charge in [-0.1, -0.05) is 30.3 Å². The predicted molar refractivity (Wildman–Crippen MR) is 78.8 cm³/mol. The summed E-state index contributed by atoms with van der Waals surface area (Å²) in [6, 6.07) is 9.13. The van der Waals surface area contributed by atoms with Gasteiger partial charge in [0.2, 0.25) is 11.8 Å². The molecule has 120 valence electrons. The van der Waals surface area contributed by atoms with Crippen LogP contribution in [0, 0.1) is 11.3 Å². The maximum atomic E-state index is 12.7. The van der Waals surface area contributed by atoms with E-state index in [0.717, 1.165) is 10.5 Å². The zero-order valence-corrected chi connectivity index (χ0v) is 12.8. The van der Waals surface area contributed by atoms with Crippen LogP contribution >= 0.6 is 0 Å². The number of esters is 1. The standard InChI is InChI=1S/C17H17NO5/c1-11(19)17(7-8-23-16(17)22)13-9-14(20)18(15(13)21)10-12-5-3-2-4-6-12/h2-6,13H,7-10H2,1H3. The Morgan fingerprint density at radius 3 is 2.52 bits per heavy atom. The van der Waals surface area contributed by atoms with Gasteiger partial charge >= 0.3 is 5.97 Å². The van der Waals surface area contributed by atoms with Gasteiger partial charge in [-0.25, -0.2) is 0 Å². The van der Waals surface area contributed by atoms with Crippen molar-refractivity contribution in [2.45, 2.75) is 26.3 Å². The van der Waals surface area contributed by atoms with Crippen molar-refractivity contribution in [1.82, 2.24) is 4.90 Å². The fraction of sp³-hybridized carbons (Fsp3) is 0.412. The van der Waals surface area contributed by atoms with Crippen molar-refractivity contribution >= 4 is 23.6 Å². The van der Waals surface area contributed by atoms with Crippen LogP contribution in [0.15, 0.2) is 30.3 Å². The number of benzene rings is 1. The summed E-state index contributed by atoms with van der Waals surface area (Å²) in [7, 11) is 0. The lowest BCUT2D eigenvalue weighted by atomic mass is 9.70. The van der Waals surface area contributed by atoms with Gasteiger partial charge < -0.3 is 4.74 Å². The zero-order chi connectivity index (χ0) is 16.6. The lowest BCUT2D eigenvalue weighted by molar-refractivity contribution is -0.158. The fourth-order valence-electron chi connectivity index (χ4n) is 3.42. The highest BCUT2D eigenvalue weighted by molar-refractivity contribution is 6.13. The number of amides is 2. The first-order chi connectivity index (χ1) is 11.0. The maximum Gasteiger partial charge on any atom is 0.320 e. The van der Waals surface area contributed by atoms with Gasteiger partial charge in [0.25, 0.3) is 0 Å². The second-order valence-corrected chi connectivity index (χ2v) is 5.97. The second kappa shape index (κ2) is 5.61. The van der Waals surface area contributed by atoms with E-state index in [1.165, 1.54) is 6.92 Å². The molecule has 2 aliphatic rings. The molecule has 2 saturated heterocycles. The monoisotopic (exact) mass is 315 g/mol. The molecule has 0 bridgehead atoms. The lowest BCUT2D eigenvalue weighted by Gasteiger charge is -2.26. The van der Waals surface area contributed by atoms with Crippen molar-refractivity contribution in [3.8, 4) is 0 Å². The van der Waals surface area contributed by atoms with E-state index < -0.39 is 29.0 Å². The molecule has 1 aromatic carbocycles. The number of cyclic esters (lactones) is 1. The molecular weight excluding hydrogens is 298 g/mol.